The molecule has 0 saturated heterocycles. The first-order valence-electron chi connectivity index (χ1n) is 10.3. The Bertz CT molecular complexity index is 1870. The Labute approximate surface area is 189 Å². The van der Waals surface area contributed by atoms with Gasteiger partial charge in [-0.3, -0.25) is 9.59 Å². The second-order valence-corrected chi connectivity index (χ2v) is 7.77. The lowest BCUT2D eigenvalue weighted by Crippen LogP contribution is -2.14. The minimum atomic E-state index is -1.21. The molecule has 34 heavy (non-hydrogen) atoms. The lowest BCUT2D eigenvalue weighted by molar-refractivity contribution is 0.0687. The van der Waals surface area contributed by atoms with Crippen molar-refractivity contribution in [3.05, 3.63) is 93.3 Å². The third kappa shape index (κ3) is 2.85. The number of nitrogens with one attached hydrogen (secondary N) is 2. The molecule has 0 amide bonds. The summed E-state index contributed by atoms with van der Waals surface area (Å²) in [4.78, 5) is 51.0. The molecule has 10 heteroatoms. The topological polar surface area (TPSA) is 147 Å². The second kappa shape index (κ2) is 7.27. The number of carbonyl (C=O) groups is 1. The zero-order valence-corrected chi connectivity index (χ0v) is 17.4. The number of hydrogen-bond acceptors (Lipinski definition) is 6. The van der Waals surface area contributed by atoms with Crippen molar-refractivity contribution < 1.29 is 14.3 Å². The molecule has 0 saturated carbocycles. The molecule has 0 aliphatic heterocycles. The summed E-state index contributed by atoms with van der Waals surface area (Å²) in [5, 5.41) is 11.9. The Kier molecular flexibility index (Phi) is 4.21. The summed E-state index contributed by atoms with van der Waals surface area (Å²) in [7, 11) is 0. The van der Waals surface area contributed by atoms with Gasteiger partial charge in [0.15, 0.2) is 5.65 Å². The number of nitrogens with zero attached hydrogens (tertiary/aromatic N) is 3. The van der Waals surface area contributed by atoms with Crippen LogP contribution in [0.4, 0.5) is 0 Å². The number of aromatic amines is 2. The van der Waals surface area contributed by atoms with E-state index in [1.54, 1.807) is 41.1 Å². The highest BCUT2D eigenvalue weighted by Gasteiger charge is 2.27. The van der Waals surface area contributed by atoms with E-state index < -0.39 is 11.5 Å². The molecule has 5 aromatic heterocycles. The number of carboxylic acid groups (broad SMARTS) is 1. The van der Waals surface area contributed by atoms with Gasteiger partial charge in [-0.2, -0.15) is 0 Å². The normalized spacial score (nSPS) is 11.5. The number of fused-ring (bicyclic) bond motifs is 4. The summed E-state index contributed by atoms with van der Waals surface area (Å²) in [6.07, 6.45) is 5.83. The Morgan fingerprint density at radius 2 is 1.97 bits per heavy atom. The molecule has 0 aliphatic carbocycles. The van der Waals surface area contributed by atoms with Gasteiger partial charge in [0.2, 0.25) is 0 Å². The van der Waals surface area contributed by atoms with Crippen LogP contribution in [-0.4, -0.2) is 35.6 Å². The number of rotatable bonds is 4. The number of furan rings is 1. The highest BCUT2D eigenvalue weighted by molar-refractivity contribution is 6.17. The number of aromatic nitrogens is 5. The molecule has 0 radical (unpaired) electrons. The van der Waals surface area contributed by atoms with Crippen LogP contribution in [0.2, 0.25) is 0 Å². The minimum absolute atomic E-state index is 0.0733. The fourth-order valence-corrected chi connectivity index (χ4v) is 4.40. The van der Waals surface area contributed by atoms with Crippen LogP contribution in [0.15, 0.2) is 75.4 Å². The van der Waals surface area contributed by atoms with Crippen LogP contribution >= 0.6 is 0 Å². The predicted molar refractivity (Wildman–Crippen MR) is 124 cm³/mol. The first-order valence-corrected chi connectivity index (χ1v) is 10.3. The Morgan fingerprint density at radius 1 is 1.09 bits per heavy atom. The van der Waals surface area contributed by atoms with Gasteiger partial charge >= 0.3 is 5.97 Å². The van der Waals surface area contributed by atoms with E-state index in [1.807, 2.05) is 6.07 Å². The van der Waals surface area contributed by atoms with Crippen LogP contribution in [0.1, 0.15) is 16.1 Å². The molecule has 5 heterocycles. The smallest absolute Gasteiger partial charge is 0.353 e. The third-order valence-corrected chi connectivity index (χ3v) is 5.83. The molecule has 3 N–H and O–H groups in total. The van der Waals surface area contributed by atoms with E-state index in [1.165, 1.54) is 18.8 Å². The highest BCUT2D eigenvalue weighted by atomic mass is 16.4. The molecule has 10 nitrogen and oxygen atoms in total. The average molecular weight is 453 g/mol. The maximum atomic E-state index is 12.7. The zero-order valence-electron chi connectivity index (χ0n) is 17.4. The van der Waals surface area contributed by atoms with Crippen molar-refractivity contribution in [1.82, 2.24) is 24.5 Å². The molecule has 0 atom stereocenters. The fraction of sp³-hybridized carbons (Fsp3) is 0.0417. The van der Waals surface area contributed by atoms with Crippen molar-refractivity contribution in [2.75, 3.05) is 0 Å². The maximum Gasteiger partial charge on any atom is 0.353 e. The molecule has 166 valence electrons. The maximum absolute atomic E-state index is 12.7. The summed E-state index contributed by atoms with van der Waals surface area (Å²) in [6, 6.07) is 10.2. The summed E-state index contributed by atoms with van der Waals surface area (Å²) >= 11 is 0. The largest absolute Gasteiger partial charge is 0.477 e. The number of pyridine rings is 2. The monoisotopic (exact) mass is 453 g/mol. The third-order valence-electron chi connectivity index (χ3n) is 5.83. The SMILES string of the molecule is O=C(O)c1c(-c2ccc[nH]c2=O)c2c3occc3ccc2n1Cc1cnc2nc[nH]c(=O)c2c1. The standard InChI is InChI=1S/C24H15N5O5/c30-22-14(2-1-6-25-22)17-18-16(4-3-13-5-7-34-20(13)18)29(19(17)24(32)33)10-12-8-15-21(26-9-12)27-11-28-23(15)31/h1-9,11H,10H2,(H,25,30)(H,32,33)(H,26,27,28,31). The van der Waals surface area contributed by atoms with Crippen molar-refractivity contribution in [2.45, 2.75) is 6.54 Å². The van der Waals surface area contributed by atoms with Gasteiger partial charge in [0.1, 0.15) is 11.3 Å². The van der Waals surface area contributed by atoms with E-state index in [2.05, 4.69) is 19.9 Å². The van der Waals surface area contributed by atoms with E-state index >= 15 is 0 Å². The zero-order chi connectivity index (χ0) is 23.4. The molecule has 1 aromatic carbocycles. The number of benzene rings is 1. The minimum Gasteiger partial charge on any atom is -0.477 e. The van der Waals surface area contributed by atoms with Gasteiger partial charge in [0.25, 0.3) is 11.1 Å². The fourth-order valence-electron chi connectivity index (χ4n) is 4.40. The van der Waals surface area contributed by atoms with Crippen LogP contribution in [0.3, 0.4) is 0 Å². The van der Waals surface area contributed by atoms with E-state index in [-0.39, 0.29) is 34.6 Å². The van der Waals surface area contributed by atoms with Gasteiger partial charge in [0.05, 0.1) is 34.4 Å². The van der Waals surface area contributed by atoms with Gasteiger partial charge < -0.3 is 24.1 Å². The molecular formula is C24H15N5O5. The van der Waals surface area contributed by atoms with E-state index in [0.29, 0.717) is 27.4 Å². The molecule has 0 bridgehead atoms. The van der Waals surface area contributed by atoms with Gasteiger partial charge in [-0.25, -0.2) is 14.8 Å². The summed E-state index contributed by atoms with van der Waals surface area (Å²) in [5.74, 6) is -1.21. The average Bonchev–Trinajstić information content (AvgIpc) is 3.43. The number of aromatic carboxylic acids is 1. The van der Waals surface area contributed by atoms with Crippen molar-refractivity contribution in [2.24, 2.45) is 0 Å². The van der Waals surface area contributed by atoms with Crippen LogP contribution < -0.4 is 11.1 Å². The predicted octanol–water partition coefficient (Wildman–Crippen LogP) is 3.12. The molecule has 0 spiro atoms. The van der Waals surface area contributed by atoms with Crippen LogP contribution in [0.5, 0.6) is 0 Å². The lowest BCUT2D eigenvalue weighted by Gasteiger charge is -2.10. The molecular weight excluding hydrogens is 438 g/mol. The van der Waals surface area contributed by atoms with Crippen LogP contribution in [-0.2, 0) is 6.54 Å². The van der Waals surface area contributed by atoms with Gasteiger partial charge in [-0.15, -0.1) is 0 Å². The van der Waals surface area contributed by atoms with Gasteiger partial charge in [0, 0.05) is 29.9 Å². The number of H-pyrrole nitrogens is 2. The van der Waals surface area contributed by atoms with Gasteiger partial charge in [-0.1, -0.05) is 0 Å². The first kappa shape index (κ1) is 19.7. The summed E-state index contributed by atoms with van der Waals surface area (Å²) < 4.78 is 7.31. The Hall–Kier alpha value is -4.99. The molecule has 0 aliphatic rings. The molecule has 6 rings (SSSR count). The molecule has 0 unspecified atom stereocenters. The second-order valence-electron chi connectivity index (χ2n) is 7.77. The summed E-state index contributed by atoms with van der Waals surface area (Å²) in [6.45, 7) is 0.0896. The quantitative estimate of drug-likeness (QED) is 0.371. The lowest BCUT2D eigenvalue weighted by atomic mass is 10.0. The number of carboxylic acids is 1. The van der Waals surface area contributed by atoms with Crippen LogP contribution in [0.25, 0.3) is 44.0 Å². The van der Waals surface area contributed by atoms with Crippen LogP contribution in [0, 0.1) is 0 Å². The highest BCUT2D eigenvalue weighted by Crippen LogP contribution is 2.39. The van der Waals surface area contributed by atoms with Crippen molar-refractivity contribution >= 4 is 38.9 Å². The van der Waals surface area contributed by atoms with Crippen molar-refractivity contribution in [3.63, 3.8) is 0 Å². The number of hydrogen-bond donors (Lipinski definition) is 3. The molecule has 6 aromatic rings. The summed E-state index contributed by atoms with van der Waals surface area (Å²) in [5.41, 5.74) is 1.57. The van der Waals surface area contributed by atoms with Crippen molar-refractivity contribution in [1.29, 1.82) is 0 Å². The first-order chi connectivity index (χ1) is 16.5. The van der Waals surface area contributed by atoms with E-state index in [9.17, 15) is 19.5 Å². The van der Waals surface area contributed by atoms with E-state index in [4.69, 9.17) is 4.42 Å². The molecule has 0 fully saturated rings. The Balaban J connectivity index is 1.70. The van der Waals surface area contributed by atoms with Gasteiger partial charge in [-0.05, 0) is 42.0 Å². The van der Waals surface area contributed by atoms with Crippen molar-refractivity contribution in [3.8, 4) is 11.1 Å². The Morgan fingerprint density at radius 3 is 2.79 bits per heavy atom. The van der Waals surface area contributed by atoms with E-state index in [0.717, 1.165) is 5.39 Å².